The second kappa shape index (κ2) is 4.91. The average molecular weight is 301 g/mol. The van der Waals surface area contributed by atoms with Crippen molar-refractivity contribution in [3.63, 3.8) is 0 Å². The number of likely N-dealkylation sites (tertiary alicyclic amines) is 1. The third-order valence-electron chi connectivity index (χ3n) is 2.67. The summed E-state index contributed by atoms with van der Waals surface area (Å²) in [5.41, 5.74) is 0. The van der Waals surface area contributed by atoms with Crippen molar-refractivity contribution >= 4 is 27.7 Å². The van der Waals surface area contributed by atoms with Crippen LogP contribution in [0.3, 0.4) is 0 Å². The Labute approximate surface area is 107 Å². The van der Waals surface area contributed by atoms with Gasteiger partial charge in [-0.1, -0.05) is 0 Å². The minimum atomic E-state index is -0.136. The van der Waals surface area contributed by atoms with E-state index in [-0.39, 0.29) is 17.9 Å². The summed E-state index contributed by atoms with van der Waals surface area (Å²) in [6.45, 7) is 2.66. The van der Waals surface area contributed by atoms with Gasteiger partial charge in [-0.15, -0.1) is 0 Å². The summed E-state index contributed by atoms with van der Waals surface area (Å²) in [6, 6.07) is 3.38. The highest BCUT2D eigenvalue weighted by molar-refractivity contribution is 9.10. The average Bonchev–Trinajstić information content (AvgIpc) is 2.85. The van der Waals surface area contributed by atoms with Crippen LogP contribution >= 0.6 is 15.9 Å². The molecule has 1 aromatic heterocycles. The van der Waals surface area contributed by atoms with E-state index in [4.69, 9.17) is 4.42 Å². The van der Waals surface area contributed by atoms with E-state index in [9.17, 15) is 9.59 Å². The maximum Gasteiger partial charge on any atom is 0.289 e. The van der Waals surface area contributed by atoms with Crippen LogP contribution in [0, 0.1) is 0 Å². The Hall–Kier alpha value is -1.30. The van der Waals surface area contributed by atoms with Crippen LogP contribution in [0.2, 0.25) is 0 Å². The molecule has 0 bridgehead atoms. The third kappa shape index (κ3) is 2.88. The number of nitrogens with zero attached hydrogens (tertiary/aromatic N) is 1. The highest BCUT2D eigenvalue weighted by Gasteiger charge is 2.28. The van der Waals surface area contributed by atoms with E-state index in [0.717, 1.165) is 6.42 Å². The second-order valence-electron chi connectivity index (χ2n) is 4.04. The minimum absolute atomic E-state index is 0.0508. The van der Waals surface area contributed by atoms with E-state index in [1.807, 2.05) is 0 Å². The van der Waals surface area contributed by atoms with Gasteiger partial charge in [-0.25, -0.2) is 0 Å². The van der Waals surface area contributed by atoms with E-state index in [2.05, 4.69) is 21.2 Å². The van der Waals surface area contributed by atoms with Gasteiger partial charge in [-0.05, 0) is 34.5 Å². The van der Waals surface area contributed by atoms with Gasteiger partial charge in [0.05, 0.1) is 0 Å². The van der Waals surface area contributed by atoms with Crippen LogP contribution in [0.1, 0.15) is 23.9 Å². The molecular weight excluding hydrogens is 288 g/mol. The number of rotatable bonds is 2. The first-order chi connectivity index (χ1) is 8.06. The lowest BCUT2D eigenvalue weighted by Gasteiger charge is -2.15. The quantitative estimate of drug-likeness (QED) is 0.898. The number of amides is 2. The van der Waals surface area contributed by atoms with Crippen LogP contribution in [0.15, 0.2) is 21.2 Å². The highest BCUT2D eigenvalue weighted by Crippen LogP contribution is 2.18. The number of halogens is 1. The first-order valence-corrected chi connectivity index (χ1v) is 6.17. The highest BCUT2D eigenvalue weighted by atomic mass is 79.9. The fraction of sp³-hybridized carbons (Fsp3) is 0.455. The zero-order chi connectivity index (χ0) is 12.4. The predicted octanol–water partition coefficient (Wildman–Crippen LogP) is 1.39. The van der Waals surface area contributed by atoms with Gasteiger partial charge in [0.2, 0.25) is 5.91 Å². The molecule has 0 radical (unpaired) electrons. The molecule has 92 valence electrons. The van der Waals surface area contributed by atoms with Crippen molar-refractivity contribution < 1.29 is 14.0 Å². The largest absolute Gasteiger partial charge is 0.444 e. The molecule has 1 atom stereocenters. The molecule has 0 aliphatic carbocycles. The summed E-state index contributed by atoms with van der Waals surface area (Å²) in [4.78, 5) is 24.6. The van der Waals surface area contributed by atoms with E-state index in [1.165, 1.54) is 6.92 Å². The number of hydrogen-bond acceptors (Lipinski definition) is 3. The van der Waals surface area contributed by atoms with Crippen molar-refractivity contribution in [3.05, 3.63) is 22.6 Å². The van der Waals surface area contributed by atoms with Gasteiger partial charge in [-0.3, -0.25) is 9.59 Å². The van der Waals surface area contributed by atoms with Crippen molar-refractivity contribution in [2.75, 3.05) is 13.1 Å². The van der Waals surface area contributed by atoms with Crippen LogP contribution in [0.25, 0.3) is 0 Å². The van der Waals surface area contributed by atoms with E-state index in [0.29, 0.717) is 23.5 Å². The number of furan rings is 1. The normalized spacial score (nSPS) is 19.4. The number of nitrogens with one attached hydrogen (secondary N) is 1. The third-order valence-corrected chi connectivity index (χ3v) is 3.09. The molecule has 1 fully saturated rings. The maximum atomic E-state index is 12.0. The molecule has 2 rings (SSSR count). The molecule has 1 aromatic rings. The molecule has 6 heteroatoms. The molecule has 1 aliphatic heterocycles. The van der Waals surface area contributed by atoms with Gasteiger partial charge < -0.3 is 14.6 Å². The van der Waals surface area contributed by atoms with E-state index in [1.54, 1.807) is 17.0 Å². The summed E-state index contributed by atoms with van der Waals surface area (Å²) < 4.78 is 5.75. The van der Waals surface area contributed by atoms with E-state index < -0.39 is 0 Å². The van der Waals surface area contributed by atoms with Crippen LogP contribution in [0.5, 0.6) is 0 Å². The standard InChI is InChI=1S/C11H13BrN2O3/c1-7(15)13-8-4-5-14(6-8)11(16)9-2-3-10(12)17-9/h2-3,8H,4-6H2,1H3,(H,13,15). The minimum Gasteiger partial charge on any atom is -0.444 e. The molecule has 2 heterocycles. The Balaban J connectivity index is 1.96. The van der Waals surface area contributed by atoms with Crippen LogP contribution in [0.4, 0.5) is 0 Å². The Morgan fingerprint density at radius 3 is 2.88 bits per heavy atom. The molecule has 0 aromatic carbocycles. The van der Waals surface area contributed by atoms with Crippen LogP contribution < -0.4 is 5.32 Å². The summed E-state index contributed by atoms with van der Waals surface area (Å²) in [6.07, 6.45) is 0.785. The summed E-state index contributed by atoms with van der Waals surface area (Å²) in [5.74, 6) is 0.119. The van der Waals surface area contributed by atoms with Crippen molar-refractivity contribution in [3.8, 4) is 0 Å². The van der Waals surface area contributed by atoms with Crippen molar-refractivity contribution in [1.82, 2.24) is 10.2 Å². The van der Waals surface area contributed by atoms with Gasteiger partial charge in [0, 0.05) is 26.1 Å². The smallest absolute Gasteiger partial charge is 0.289 e. The first-order valence-electron chi connectivity index (χ1n) is 5.38. The first kappa shape index (κ1) is 12.2. The SMILES string of the molecule is CC(=O)NC1CCN(C(=O)c2ccc(Br)o2)C1. The Kier molecular flexibility index (Phi) is 3.51. The van der Waals surface area contributed by atoms with Gasteiger partial charge in [0.25, 0.3) is 5.91 Å². The number of carbonyl (C=O) groups is 2. The van der Waals surface area contributed by atoms with Crippen molar-refractivity contribution in [1.29, 1.82) is 0 Å². The van der Waals surface area contributed by atoms with Gasteiger partial charge in [0.1, 0.15) is 0 Å². The monoisotopic (exact) mass is 300 g/mol. The molecule has 17 heavy (non-hydrogen) atoms. The van der Waals surface area contributed by atoms with Gasteiger partial charge >= 0.3 is 0 Å². The Morgan fingerprint density at radius 2 is 2.29 bits per heavy atom. The lowest BCUT2D eigenvalue weighted by Crippen LogP contribution is -2.37. The molecule has 5 nitrogen and oxygen atoms in total. The molecule has 1 unspecified atom stereocenters. The summed E-state index contributed by atoms with van der Waals surface area (Å²) in [7, 11) is 0. The fourth-order valence-corrected chi connectivity index (χ4v) is 2.24. The van der Waals surface area contributed by atoms with Crippen molar-refractivity contribution in [2.45, 2.75) is 19.4 Å². The zero-order valence-electron chi connectivity index (χ0n) is 9.40. The van der Waals surface area contributed by atoms with Gasteiger partial charge in [-0.2, -0.15) is 0 Å². The Morgan fingerprint density at radius 1 is 1.53 bits per heavy atom. The lowest BCUT2D eigenvalue weighted by atomic mass is 10.2. The Bertz CT molecular complexity index is 444. The molecule has 1 N–H and O–H groups in total. The lowest BCUT2D eigenvalue weighted by molar-refractivity contribution is -0.119. The summed E-state index contributed by atoms with van der Waals surface area (Å²) >= 11 is 3.16. The fourth-order valence-electron chi connectivity index (χ4n) is 1.94. The maximum absolute atomic E-state index is 12.0. The zero-order valence-corrected chi connectivity index (χ0v) is 11.0. The molecule has 1 aliphatic rings. The molecule has 1 saturated heterocycles. The number of hydrogen-bond donors (Lipinski definition) is 1. The summed E-state index contributed by atoms with van der Waals surface area (Å²) in [5, 5.41) is 2.81. The molecular formula is C11H13BrN2O3. The van der Waals surface area contributed by atoms with Gasteiger partial charge in [0.15, 0.2) is 10.4 Å². The van der Waals surface area contributed by atoms with E-state index >= 15 is 0 Å². The van der Waals surface area contributed by atoms with Crippen molar-refractivity contribution in [2.24, 2.45) is 0 Å². The van der Waals surface area contributed by atoms with Crippen LogP contribution in [-0.2, 0) is 4.79 Å². The molecule has 0 saturated carbocycles. The topological polar surface area (TPSA) is 62.6 Å². The predicted molar refractivity (Wildman–Crippen MR) is 64.5 cm³/mol. The second-order valence-corrected chi connectivity index (χ2v) is 4.82. The number of carbonyl (C=O) groups excluding carboxylic acids is 2. The van der Waals surface area contributed by atoms with Crippen LogP contribution in [-0.4, -0.2) is 35.8 Å². The molecule has 0 spiro atoms. The molecule has 2 amide bonds.